The Morgan fingerprint density at radius 1 is 1.14 bits per heavy atom. The fourth-order valence-electron chi connectivity index (χ4n) is 1.02. The van der Waals surface area contributed by atoms with Crippen LogP contribution in [0.25, 0.3) is 6.08 Å². The molecule has 1 rings (SSSR count). The summed E-state index contributed by atoms with van der Waals surface area (Å²) in [5.74, 6) is 0. The minimum absolute atomic E-state index is 1.20. The average molecular weight is 191 g/mol. The van der Waals surface area contributed by atoms with Crippen molar-refractivity contribution in [3.8, 4) is 0 Å². The highest BCUT2D eigenvalue weighted by atomic mass is 15.8. The van der Waals surface area contributed by atoms with Crippen molar-refractivity contribution in [2.45, 2.75) is 0 Å². The van der Waals surface area contributed by atoms with Crippen LogP contribution < -0.4 is 5.43 Å². The van der Waals surface area contributed by atoms with Crippen LogP contribution in [0.4, 0.5) is 0 Å². The van der Waals surface area contributed by atoms with Crippen LogP contribution in [0.1, 0.15) is 5.56 Å². The van der Waals surface area contributed by atoms with Gasteiger partial charge in [-0.05, 0) is 11.6 Å². The molecular weight excluding hydrogens is 174 g/mol. The van der Waals surface area contributed by atoms with Gasteiger partial charge in [0.2, 0.25) is 0 Å². The molecule has 0 unspecified atom stereocenters. The van der Waals surface area contributed by atoms with Crippen LogP contribution in [0.3, 0.4) is 0 Å². The largest absolute Gasteiger partial charge is 0.303 e. The minimum Gasteiger partial charge on any atom is -0.303 e. The smallest absolute Gasteiger partial charge is 0.0241 e. The van der Waals surface area contributed by atoms with Crippen molar-refractivity contribution in [3.05, 3.63) is 42.1 Å². The molecule has 1 aromatic rings. The Balaban J connectivity index is 2.56. The molecule has 0 saturated heterocycles. The first-order chi connectivity index (χ1) is 6.74. The molecule has 0 bridgehead atoms. The molecule has 0 atom stereocenters. The molecule has 0 spiro atoms. The summed E-state index contributed by atoms with van der Waals surface area (Å²) in [6.45, 7) is 0. The van der Waals surface area contributed by atoms with Crippen LogP contribution in [-0.4, -0.2) is 31.3 Å². The first-order valence-corrected chi connectivity index (χ1v) is 4.61. The van der Waals surface area contributed by atoms with E-state index >= 15 is 0 Å². The molecule has 0 heterocycles. The predicted octanol–water partition coefficient (Wildman–Crippen LogP) is 1.57. The van der Waals surface area contributed by atoms with Crippen molar-refractivity contribution >= 4 is 6.08 Å². The van der Waals surface area contributed by atoms with Gasteiger partial charge in [-0.1, -0.05) is 30.3 Å². The van der Waals surface area contributed by atoms with E-state index in [4.69, 9.17) is 0 Å². The Labute approximate surface area is 85.6 Å². The quantitative estimate of drug-likeness (QED) is 0.729. The van der Waals surface area contributed by atoms with E-state index in [0.29, 0.717) is 0 Å². The number of hydrogen-bond acceptors (Lipinski definition) is 3. The van der Waals surface area contributed by atoms with Gasteiger partial charge in [-0.3, -0.25) is 0 Å². The zero-order valence-electron chi connectivity index (χ0n) is 8.94. The van der Waals surface area contributed by atoms with E-state index in [0.717, 1.165) is 0 Å². The highest BCUT2D eigenvalue weighted by Crippen LogP contribution is 2.01. The maximum absolute atomic E-state index is 3.01. The molecule has 0 saturated carbocycles. The summed E-state index contributed by atoms with van der Waals surface area (Å²) in [6.07, 6.45) is 4.07. The zero-order valence-corrected chi connectivity index (χ0v) is 8.94. The number of hydrazine groups is 2. The van der Waals surface area contributed by atoms with Gasteiger partial charge in [0, 0.05) is 27.3 Å². The van der Waals surface area contributed by atoms with E-state index in [2.05, 4.69) is 23.6 Å². The normalized spacial score (nSPS) is 11.1. The lowest BCUT2D eigenvalue weighted by Gasteiger charge is -2.25. The van der Waals surface area contributed by atoms with E-state index < -0.39 is 0 Å². The molecule has 0 amide bonds. The van der Waals surface area contributed by atoms with Crippen molar-refractivity contribution in [3.63, 3.8) is 0 Å². The SMILES string of the molecule is CNN(C)N(C)C=Cc1ccccc1. The Morgan fingerprint density at radius 3 is 2.36 bits per heavy atom. The highest BCUT2D eigenvalue weighted by molar-refractivity contribution is 5.48. The lowest BCUT2D eigenvalue weighted by atomic mass is 10.2. The van der Waals surface area contributed by atoms with Crippen LogP contribution in [-0.2, 0) is 0 Å². The van der Waals surface area contributed by atoms with Gasteiger partial charge in [0.15, 0.2) is 0 Å². The monoisotopic (exact) mass is 191 g/mol. The summed E-state index contributed by atoms with van der Waals surface area (Å²) in [6, 6.07) is 10.2. The first kappa shape index (κ1) is 10.8. The average Bonchev–Trinajstić information content (AvgIpc) is 2.26. The van der Waals surface area contributed by atoms with Gasteiger partial charge in [-0.15, -0.1) is 0 Å². The van der Waals surface area contributed by atoms with Crippen LogP contribution in [0.2, 0.25) is 0 Å². The van der Waals surface area contributed by atoms with Crippen molar-refractivity contribution in [1.82, 2.24) is 15.6 Å². The number of hydrogen-bond donors (Lipinski definition) is 1. The summed E-state index contributed by atoms with van der Waals surface area (Å²) >= 11 is 0. The topological polar surface area (TPSA) is 18.5 Å². The van der Waals surface area contributed by atoms with Crippen LogP contribution in [0.5, 0.6) is 0 Å². The maximum Gasteiger partial charge on any atom is 0.0241 e. The van der Waals surface area contributed by atoms with Gasteiger partial charge in [0.1, 0.15) is 0 Å². The molecule has 3 heteroatoms. The van der Waals surface area contributed by atoms with E-state index in [1.807, 2.05) is 55.7 Å². The third kappa shape index (κ3) is 3.20. The van der Waals surface area contributed by atoms with Crippen molar-refractivity contribution in [2.75, 3.05) is 21.1 Å². The summed E-state index contributed by atoms with van der Waals surface area (Å²) in [4.78, 5) is 0. The highest BCUT2D eigenvalue weighted by Gasteiger charge is 1.95. The van der Waals surface area contributed by atoms with Gasteiger partial charge in [0.05, 0.1) is 0 Å². The second-order valence-corrected chi connectivity index (χ2v) is 3.05. The molecule has 0 aliphatic rings. The lowest BCUT2D eigenvalue weighted by molar-refractivity contribution is 0.0328. The molecule has 1 aromatic carbocycles. The molecule has 3 nitrogen and oxygen atoms in total. The predicted molar refractivity (Wildman–Crippen MR) is 60.1 cm³/mol. The fourth-order valence-corrected chi connectivity index (χ4v) is 1.02. The molecule has 14 heavy (non-hydrogen) atoms. The second-order valence-electron chi connectivity index (χ2n) is 3.05. The summed E-state index contributed by atoms with van der Waals surface area (Å²) in [5.41, 5.74) is 4.21. The molecule has 0 aliphatic carbocycles. The van der Waals surface area contributed by atoms with Gasteiger partial charge in [0.25, 0.3) is 0 Å². The van der Waals surface area contributed by atoms with Gasteiger partial charge in [-0.2, -0.15) is 5.12 Å². The third-order valence-electron chi connectivity index (χ3n) is 2.08. The Kier molecular flexibility index (Phi) is 4.16. The number of nitrogens with zero attached hydrogens (tertiary/aromatic N) is 2. The van der Waals surface area contributed by atoms with E-state index in [1.54, 1.807) is 0 Å². The molecule has 0 aromatic heterocycles. The Hall–Kier alpha value is -1.32. The molecule has 0 radical (unpaired) electrons. The number of nitrogens with one attached hydrogen (secondary N) is 1. The van der Waals surface area contributed by atoms with Crippen molar-refractivity contribution in [2.24, 2.45) is 0 Å². The Bertz CT molecular complexity index is 282. The molecule has 0 aliphatic heterocycles. The Morgan fingerprint density at radius 2 is 1.79 bits per heavy atom. The summed E-state index contributed by atoms with van der Waals surface area (Å²) in [7, 11) is 5.82. The van der Waals surface area contributed by atoms with Gasteiger partial charge in [-0.25, -0.2) is 5.43 Å². The third-order valence-corrected chi connectivity index (χ3v) is 2.08. The van der Waals surface area contributed by atoms with Crippen LogP contribution in [0, 0.1) is 0 Å². The van der Waals surface area contributed by atoms with Crippen molar-refractivity contribution < 1.29 is 0 Å². The summed E-state index contributed by atoms with van der Waals surface area (Å²) in [5, 5.41) is 3.85. The molecule has 76 valence electrons. The second kappa shape index (κ2) is 5.42. The minimum atomic E-state index is 1.20. The van der Waals surface area contributed by atoms with Crippen molar-refractivity contribution in [1.29, 1.82) is 0 Å². The van der Waals surface area contributed by atoms with E-state index in [9.17, 15) is 0 Å². The van der Waals surface area contributed by atoms with Crippen LogP contribution in [0.15, 0.2) is 36.5 Å². The zero-order chi connectivity index (χ0) is 10.4. The lowest BCUT2D eigenvalue weighted by Crippen LogP contribution is -2.41. The number of rotatable bonds is 4. The van der Waals surface area contributed by atoms with Crippen LogP contribution >= 0.6 is 0 Å². The number of benzene rings is 1. The standard InChI is InChI=1S/C11H17N3/c1-12-14(3)13(2)10-9-11-7-5-4-6-8-11/h4-10,12H,1-3H3. The maximum atomic E-state index is 3.01. The fraction of sp³-hybridized carbons (Fsp3) is 0.273. The van der Waals surface area contributed by atoms with E-state index in [1.165, 1.54) is 5.56 Å². The molecule has 0 fully saturated rings. The molecular formula is C11H17N3. The van der Waals surface area contributed by atoms with E-state index in [-0.39, 0.29) is 0 Å². The first-order valence-electron chi connectivity index (χ1n) is 4.61. The van der Waals surface area contributed by atoms with Gasteiger partial charge < -0.3 is 5.01 Å². The summed E-state index contributed by atoms with van der Waals surface area (Å²) < 4.78 is 0. The molecule has 1 N–H and O–H groups in total. The van der Waals surface area contributed by atoms with Gasteiger partial charge >= 0.3 is 0 Å².